The maximum Gasteiger partial charge on any atom is 0.365 e. The number of carbonyl (C=O) groups excluding carboxylic acids is 1. The molecule has 0 atom stereocenters. The maximum absolute atomic E-state index is 11.9. The van der Waals surface area contributed by atoms with Gasteiger partial charge in [-0.15, -0.1) is 0 Å². The summed E-state index contributed by atoms with van der Waals surface area (Å²) in [5.74, 6) is -0.385. The normalized spacial score (nSPS) is 10.5. The second kappa shape index (κ2) is 8.63. The van der Waals surface area contributed by atoms with Crippen LogP contribution in [0.25, 0.3) is 0 Å². The van der Waals surface area contributed by atoms with Gasteiger partial charge in [-0.3, -0.25) is 19.1 Å². The van der Waals surface area contributed by atoms with Gasteiger partial charge in [-0.05, 0) is 12.1 Å². The molecule has 0 fully saturated rings. The summed E-state index contributed by atoms with van der Waals surface area (Å²) in [6.07, 6.45) is 1.53. The van der Waals surface area contributed by atoms with E-state index in [2.05, 4.69) is 4.98 Å². The molecule has 1 aromatic carbocycles. The number of benzene rings is 1. The first-order valence-electron chi connectivity index (χ1n) is 6.81. The van der Waals surface area contributed by atoms with E-state index < -0.39 is 26.9 Å². The zero-order valence-electron chi connectivity index (χ0n) is 12.5. The molecular weight excluding hydrogens is 415 g/mol. The van der Waals surface area contributed by atoms with E-state index in [4.69, 9.17) is 9.47 Å². The molecule has 0 saturated carbocycles. The molecule has 0 amide bonds. The van der Waals surface area contributed by atoms with Gasteiger partial charge in [0.1, 0.15) is 13.3 Å². The Labute approximate surface area is 142 Å². The lowest BCUT2D eigenvalue weighted by molar-refractivity contribution is -0.599. The number of hydrogen-bond donors (Lipinski definition) is 1. The number of nitrogens with one attached hydrogen (secondary N) is 1. The van der Waals surface area contributed by atoms with Crippen molar-refractivity contribution < 1.29 is 35.5 Å². The number of rotatable bonds is 7. The fraction of sp³-hybridized carbons (Fsp3) is 0.267. The number of carbonyl (C=O) groups is 1. The van der Waals surface area contributed by atoms with E-state index in [1.807, 2.05) is 30.3 Å². The van der Waals surface area contributed by atoms with Crippen molar-refractivity contribution in [2.45, 2.75) is 13.7 Å². The number of H-pyrrole nitrogens is 1. The number of aromatic nitrogens is 2. The maximum atomic E-state index is 11.9. The van der Waals surface area contributed by atoms with Crippen LogP contribution in [0, 0.1) is 7.14 Å². The topological polar surface area (TPSA) is 90.4 Å². The number of nitrogens with zero attached hydrogens (tertiary/aromatic N) is 1. The molecule has 0 aliphatic heterocycles. The van der Waals surface area contributed by atoms with Gasteiger partial charge in [0.2, 0.25) is 0 Å². The molecule has 2 aromatic rings. The average Bonchev–Trinajstić information content (AvgIpc) is 2.52. The molecule has 8 heteroatoms. The van der Waals surface area contributed by atoms with E-state index in [1.54, 1.807) is 0 Å². The van der Waals surface area contributed by atoms with Crippen LogP contribution in [0.4, 0.5) is 0 Å². The molecule has 0 unspecified atom stereocenters. The third-order valence-corrected chi connectivity index (χ3v) is 5.37. The minimum Gasteiger partial charge on any atom is -0.463 e. The van der Waals surface area contributed by atoms with Crippen LogP contribution in [0.1, 0.15) is 6.92 Å². The molecule has 0 aliphatic rings. The number of hydrogen-bond acceptors (Lipinski definition) is 5. The number of aromatic amines is 1. The van der Waals surface area contributed by atoms with Gasteiger partial charge >= 0.3 is 38.4 Å². The van der Waals surface area contributed by atoms with E-state index in [1.165, 1.54) is 17.7 Å². The molecule has 7 nitrogen and oxygen atoms in total. The summed E-state index contributed by atoms with van der Waals surface area (Å²) in [6.45, 7) is 1.60. The molecule has 0 aliphatic carbocycles. The Hall–Kier alpha value is -1.94. The highest BCUT2D eigenvalue weighted by atomic mass is 127. The molecule has 0 spiro atoms. The molecule has 23 heavy (non-hydrogen) atoms. The van der Waals surface area contributed by atoms with Gasteiger partial charge in [0.25, 0.3) is 3.57 Å². The van der Waals surface area contributed by atoms with Gasteiger partial charge in [0.05, 0.1) is 12.8 Å². The Kier molecular flexibility index (Phi) is 6.53. The third kappa shape index (κ3) is 5.64. The highest BCUT2D eigenvalue weighted by Gasteiger charge is 2.21. The molecule has 122 valence electrons. The van der Waals surface area contributed by atoms with Gasteiger partial charge in [0.15, 0.2) is 3.57 Å². The van der Waals surface area contributed by atoms with Gasteiger partial charge in [0, 0.05) is 6.92 Å². The van der Waals surface area contributed by atoms with Crippen molar-refractivity contribution in [2.75, 3.05) is 13.2 Å². The zero-order valence-corrected chi connectivity index (χ0v) is 14.6. The summed E-state index contributed by atoms with van der Waals surface area (Å²) in [5, 5.41) is 0. The molecule has 1 heterocycles. The van der Waals surface area contributed by atoms with Crippen LogP contribution in [-0.4, -0.2) is 28.7 Å². The standard InChI is InChI=1S/C15H15IN2O5/c1-11(19)23-8-7-22-10-18-9-13(14(20)17-15(18)21)16-12-5-3-2-4-6-12/h2-6,9H,7-8,10H2,1H3/p+1. The van der Waals surface area contributed by atoms with Crippen LogP contribution >= 0.6 is 0 Å². The van der Waals surface area contributed by atoms with Crippen LogP contribution in [0.3, 0.4) is 0 Å². The summed E-state index contributed by atoms with van der Waals surface area (Å²) in [5.41, 5.74) is -0.883. The number of ether oxygens (including phenoxy) is 2. The molecule has 0 saturated heterocycles. The van der Waals surface area contributed by atoms with Crippen molar-refractivity contribution >= 4 is 5.97 Å². The van der Waals surface area contributed by atoms with Crippen LogP contribution in [0.2, 0.25) is 0 Å². The minimum absolute atomic E-state index is 0.0115. The molecule has 0 bridgehead atoms. The Morgan fingerprint density at radius 1 is 1.22 bits per heavy atom. The van der Waals surface area contributed by atoms with Crippen molar-refractivity contribution in [1.82, 2.24) is 9.55 Å². The lowest BCUT2D eigenvalue weighted by atomic mass is 10.4. The van der Waals surface area contributed by atoms with E-state index in [0.717, 1.165) is 3.57 Å². The smallest absolute Gasteiger partial charge is 0.365 e. The number of esters is 1. The van der Waals surface area contributed by atoms with Gasteiger partial charge < -0.3 is 9.47 Å². The van der Waals surface area contributed by atoms with Crippen molar-refractivity contribution in [3.05, 3.63) is 64.5 Å². The summed E-state index contributed by atoms with van der Waals surface area (Å²) >= 11 is -0.683. The predicted molar refractivity (Wildman–Crippen MR) is 77.7 cm³/mol. The third-order valence-electron chi connectivity index (χ3n) is 2.67. The summed E-state index contributed by atoms with van der Waals surface area (Å²) in [4.78, 5) is 36.6. The van der Waals surface area contributed by atoms with E-state index in [0.29, 0.717) is 3.57 Å². The Morgan fingerprint density at radius 2 is 1.96 bits per heavy atom. The van der Waals surface area contributed by atoms with E-state index in [-0.39, 0.29) is 31.5 Å². The molecule has 1 aromatic heterocycles. The monoisotopic (exact) mass is 431 g/mol. The van der Waals surface area contributed by atoms with Gasteiger partial charge in [-0.1, -0.05) is 18.2 Å². The van der Waals surface area contributed by atoms with Crippen molar-refractivity contribution in [3.63, 3.8) is 0 Å². The van der Waals surface area contributed by atoms with Gasteiger partial charge in [-0.25, -0.2) is 4.79 Å². The Balaban J connectivity index is 2.03. The van der Waals surface area contributed by atoms with E-state index >= 15 is 0 Å². The van der Waals surface area contributed by atoms with E-state index in [9.17, 15) is 14.4 Å². The second-order valence-corrected chi connectivity index (χ2v) is 7.42. The summed E-state index contributed by atoms with van der Waals surface area (Å²) < 4.78 is 13.0. The van der Waals surface area contributed by atoms with Crippen LogP contribution in [0.5, 0.6) is 0 Å². The van der Waals surface area contributed by atoms with Crippen LogP contribution < -0.4 is 32.5 Å². The first-order chi connectivity index (χ1) is 11.1. The van der Waals surface area contributed by atoms with Crippen molar-refractivity contribution in [1.29, 1.82) is 0 Å². The highest BCUT2D eigenvalue weighted by Crippen LogP contribution is 1.85. The lowest BCUT2D eigenvalue weighted by Gasteiger charge is -2.06. The first-order valence-corrected chi connectivity index (χ1v) is 8.97. The summed E-state index contributed by atoms with van der Waals surface area (Å²) in [7, 11) is 0. The van der Waals surface area contributed by atoms with Crippen LogP contribution in [-0.2, 0) is 21.0 Å². The largest absolute Gasteiger partial charge is 0.463 e. The fourth-order valence-corrected chi connectivity index (χ4v) is 3.95. The van der Waals surface area contributed by atoms with Gasteiger partial charge in [-0.2, -0.15) is 0 Å². The second-order valence-electron chi connectivity index (χ2n) is 4.47. The Morgan fingerprint density at radius 3 is 2.65 bits per heavy atom. The van der Waals surface area contributed by atoms with Crippen LogP contribution in [0.15, 0.2) is 46.1 Å². The van der Waals surface area contributed by atoms with Crippen molar-refractivity contribution in [3.8, 4) is 0 Å². The predicted octanol–water partition coefficient (Wildman–Crippen LogP) is -2.80. The molecule has 2 rings (SSSR count). The average molecular weight is 431 g/mol. The Bertz CT molecular complexity index is 769. The SMILES string of the molecule is CC(=O)OCCOCn1cc([I+]c2ccccc2)c(=O)[nH]c1=O. The summed E-state index contributed by atoms with van der Waals surface area (Å²) in [6, 6.07) is 9.65. The molecule has 0 radical (unpaired) electrons. The highest BCUT2D eigenvalue weighted by molar-refractivity contribution is 5.65. The van der Waals surface area contributed by atoms with Crippen molar-refractivity contribution in [2.24, 2.45) is 0 Å². The number of halogens is 1. The fourth-order valence-electron chi connectivity index (χ4n) is 1.65. The lowest BCUT2D eigenvalue weighted by Crippen LogP contribution is -3.62. The zero-order chi connectivity index (χ0) is 16.7. The minimum atomic E-state index is -0.683. The molecule has 1 N–H and O–H groups in total. The quantitative estimate of drug-likeness (QED) is 0.291. The molecular formula is C15H16IN2O5+. The first kappa shape index (κ1) is 17.4.